The minimum absolute atomic E-state index is 0.703. The molecular weight excluding hydrogens is 212 g/mol. The zero-order valence-electron chi connectivity index (χ0n) is 9.81. The molecule has 1 heterocycles. The number of aryl methyl sites for hydroxylation is 1. The summed E-state index contributed by atoms with van der Waals surface area (Å²) < 4.78 is 2.02. The Balaban J connectivity index is 2.09. The Hall–Kier alpha value is -1.90. The van der Waals surface area contributed by atoms with E-state index in [1.54, 1.807) is 0 Å². The van der Waals surface area contributed by atoms with Crippen molar-refractivity contribution in [2.75, 3.05) is 0 Å². The lowest BCUT2D eigenvalue weighted by Gasteiger charge is -2.05. The average Bonchev–Trinajstić information content (AvgIpc) is 2.94. The normalized spacial score (nSPS) is 13.7. The molecule has 3 rings (SSSR count). The predicted octanol–water partition coefficient (Wildman–Crippen LogP) is 2.48. The number of hydrogen-bond donors (Lipinski definition) is 0. The van der Waals surface area contributed by atoms with Crippen molar-refractivity contribution in [2.24, 2.45) is 0 Å². The number of carbonyl (C=O) groups excluding carboxylic acids is 1. The number of fused-ring (bicyclic) bond motifs is 1. The quantitative estimate of drug-likeness (QED) is 0.737. The predicted molar refractivity (Wildman–Crippen MR) is 65.7 cm³/mol. The molecule has 1 aliphatic carbocycles. The van der Waals surface area contributed by atoms with E-state index in [1.165, 1.54) is 17.7 Å². The van der Waals surface area contributed by atoms with Crippen LogP contribution in [0.3, 0.4) is 0 Å². The summed E-state index contributed by atoms with van der Waals surface area (Å²) in [6.45, 7) is 2.07. The Morgan fingerprint density at radius 1 is 1.24 bits per heavy atom. The molecule has 1 aromatic heterocycles. The summed E-state index contributed by atoms with van der Waals surface area (Å²) in [5.41, 5.74) is 5.62. The number of aldehydes is 1. The van der Waals surface area contributed by atoms with E-state index in [-0.39, 0.29) is 0 Å². The summed E-state index contributed by atoms with van der Waals surface area (Å²) in [7, 11) is 0. The van der Waals surface area contributed by atoms with Gasteiger partial charge in [-0.25, -0.2) is 4.68 Å². The fourth-order valence-electron chi connectivity index (χ4n) is 2.53. The first-order valence-electron chi connectivity index (χ1n) is 5.92. The number of benzene rings is 1. The lowest BCUT2D eigenvalue weighted by atomic mass is 10.2. The summed E-state index contributed by atoms with van der Waals surface area (Å²) in [5, 5.41) is 4.59. The summed E-state index contributed by atoms with van der Waals surface area (Å²) in [5.74, 6) is 0. The SMILES string of the molecule is Cc1nn(-c2ccc(C=O)cc2)c2c1CCC2. The highest BCUT2D eigenvalue weighted by molar-refractivity contribution is 5.75. The van der Waals surface area contributed by atoms with E-state index in [0.29, 0.717) is 5.56 Å². The molecule has 0 saturated carbocycles. The van der Waals surface area contributed by atoms with E-state index < -0.39 is 0 Å². The number of carbonyl (C=O) groups is 1. The molecule has 86 valence electrons. The van der Waals surface area contributed by atoms with Gasteiger partial charge in [-0.2, -0.15) is 5.10 Å². The Kier molecular flexibility index (Phi) is 2.32. The maximum Gasteiger partial charge on any atom is 0.150 e. The molecule has 0 aliphatic heterocycles. The molecule has 0 unspecified atom stereocenters. The molecule has 0 saturated heterocycles. The van der Waals surface area contributed by atoms with Crippen LogP contribution >= 0.6 is 0 Å². The van der Waals surface area contributed by atoms with Crippen molar-refractivity contribution < 1.29 is 4.79 Å². The van der Waals surface area contributed by atoms with Gasteiger partial charge in [0, 0.05) is 11.3 Å². The van der Waals surface area contributed by atoms with Gasteiger partial charge in [-0.05, 0) is 56.0 Å². The molecule has 0 amide bonds. The van der Waals surface area contributed by atoms with Crippen LogP contribution in [0.15, 0.2) is 24.3 Å². The van der Waals surface area contributed by atoms with Crippen molar-refractivity contribution >= 4 is 6.29 Å². The Morgan fingerprint density at radius 2 is 2.00 bits per heavy atom. The zero-order chi connectivity index (χ0) is 11.8. The van der Waals surface area contributed by atoms with Gasteiger partial charge in [0.05, 0.1) is 11.4 Å². The minimum atomic E-state index is 0.703. The standard InChI is InChI=1S/C14H14N2O/c1-10-13-3-2-4-14(13)16(15-10)12-7-5-11(9-17)6-8-12/h5-9H,2-4H2,1H3. The molecule has 0 atom stereocenters. The van der Waals surface area contributed by atoms with Crippen molar-refractivity contribution in [3.8, 4) is 5.69 Å². The first kappa shape index (κ1) is 10.3. The molecular formula is C14H14N2O. The van der Waals surface area contributed by atoms with Crippen molar-refractivity contribution in [3.05, 3.63) is 46.8 Å². The number of nitrogens with zero attached hydrogens (tertiary/aromatic N) is 2. The van der Waals surface area contributed by atoms with Crippen LogP contribution in [0.1, 0.15) is 33.7 Å². The molecule has 2 aromatic rings. The van der Waals surface area contributed by atoms with Crippen molar-refractivity contribution in [1.29, 1.82) is 0 Å². The molecule has 1 aromatic carbocycles. The molecule has 3 heteroatoms. The molecule has 3 nitrogen and oxygen atoms in total. The number of aromatic nitrogens is 2. The third-order valence-corrected chi connectivity index (χ3v) is 3.40. The summed E-state index contributed by atoms with van der Waals surface area (Å²) in [4.78, 5) is 10.6. The van der Waals surface area contributed by atoms with Crippen molar-refractivity contribution in [3.63, 3.8) is 0 Å². The van der Waals surface area contributed by atoms with Crippen LogP contribution in [-0.2, 0) is 12.8 Å². The van der Waals surface area contributed by atoms with Crippen LogP contribution in [0.2, 0.25) is 0 Å². The monoisotopic (exact) mass is 226 g/mol. The van der Waals surface area contributed by atoms with E-state index in [4.69, 9.17) is 0 Å². The molecule has 0 bridgehead atoms. The van der Waals surface area contributed by atoms with Gasteiger partial charge in [-0.15, -0.1) is 0 Å². The van der Waals surface area contributed by atoms with Gasteiger partial charge in [0.15, 0.2) is 0 Å². The topological polar surface area (TPSA) is 34.9 Å². The number of rotatable bonds is 2. The highest BCUT2D eigenvalue weighted by atomic mass is 16.1. The van der Waals surface area contributed by atoms with Crippen LogP contribution in [0, 0.1) is 6.92 Å². The van der Waals surface area contributed by atoms with Crippen LogP contribution in [0.25, 0.3) is 5.69 Å². The Bertz CT molecular complexity index is 567. The average molecular weight is 226 g/mol. The van der Waals surface area contributed by atoms with Gasteiger partial charge < -0.3 is 0 Å². The summed E-state index contributed by atoms with van der Waals surface area (Å²) in [6, 6.07) is 7.57. The highest BCUT2D eigenvalue weighted by Gasteiger charge is 2.20. The summed E-state index contributed by atoms with van der Waals surface area (Å²) >= 11 is 0. The van der Waals surface area contributed by atoms with Gasteiger partial charge in [0.25, 0.3) is 0 Å². The zero-order valence-corrected chi connectivity index (χ0v) is 9.81. The van der Waals surface area contributed by atoms with E-state index >= 15 is 0 Å². The fraction of sp³-hybridized carbons (Fsp3) is 0.286. The maximum absolute atomic E-state index is 10.6. The maximum atomic E-state index is 10.6. The third kappa shape index (κ3) is 1.58. The van der Waals surface area contributed by atoms with Gasteiger partial charge in [-0.3, -0.25) is 4.79 Å². The lowest BCUT2D eigenvalue weighted by Crippen LogP contribution is -2.01. The molecule has 0 fully saturated rings. The number of hydrogen-bond acceptors (Lipinski definition) is 2. The second kappa shape index (κ2) is 3.84. The molecule has 0 radical (unpaired) electrons. The van der Waals surface area contributed by atoms with Gasteiger partial charge >= 0.3 is 0 Å². The first-order chi connectivity index (χ1) is 8.29. The van der Waals surface area contributed by atoms with E-state index in [1.807, 2.05) is 28.9 Å². The van der Waals surface area contributed by atoms with Crippen LogP contribution in [-0.4, -0.2) is 16.1 Å². The van der Waals surface area contributed by atoms with Gasteiger partial charge in [0.1, 0.15) is 6.29 Å². The van der Waals surface area contributed by atoms with E-state index in [0.717, 1.165) is 30.5 Å². The largest absolute Gasteiger partial charge is 0.298 e. The van der Waals surface area contributed by atoms with Crippen LogP contribution in [0.5, 0.6) is 0 Å². The molecule has 0 spiro atoms. The van der Waals surface area contributed by atoms with E-state index in [9.17, 15) is 4.79 Å². The Morgan fingerprint density at radius 3 is 2.71 bits per heavy atom. The Labute approximate surface area is 100 Å². The van der Waals surface area contributed by atoms with Crippen molar-refractivity contribution in [1.82, 2.24) is 9.78 Å². The van der Waals surface area contributed by atoms with Crippen molar-refractivity contribution in [2.45, 2.75) is 26.2 Å². The molecule has 0 N–H and O–H groups in total. The molecule has 1 aliphatic rings. The van der Waals surface area contributed by atoms with Crippen LogP contribution in [0.4, 0.5) is 0 Å². The summed E-state index contributed by atoms with van der Waals surface area (Å²) in [6.07, 6.45) is 4.34. The van der Waals surface area contributed by atoms with E-state index in [2.05, 4.69) is 12.0 Å². The third-order valence-electron chi connectivity index (χ3n) is 3.40. The minimum Gasteiger partial charge on any atom is -0.298 e. The lowest BCUT2D eigenvalue weighted by molar-refractivity contribution is 0.112. The first-order valence-corrected chi connectivity index (χ1v) is 5.92. The second-order valence-corrected chi connectivity index (χ2v) is 4.49. The second-order valence-electron chi connectivity index (χ2n) is 4.49. The van der Waals surface area contributed by atoms with Gasteiger partial charge in [-0.1, -0.05) is 0 Å². The fourth-order valence-corrected chi connectivity index (χ4v) is 2.53. The van der Waals surface area contributed by atoms with Gasteiger partial charge in [0.2, 0.25) is 0 Å². The highest BCUT2D eigenvalue weighted by Crippen LogP contribution is 2.27. The smallest absolute Gasteiger partial charge is 0.150 e. The molecule has 17 heavy (non-hydrogen) atoms. The van der Waals surface area contributed by atoms with Crippen LogP contribution < -0.4 is 0 Å².